The molecule has 2 saturated heterocycles. The second-order valence-electron chi connectivity index (χ2n) is 10.4. The smallest absolute Gasteiger partial charge is 0.416 e. The highest BCUT2D eigenvalue weighted by Crippen LogP contribution is 2.41. The molecule has 0 unspecified atom stereocenters. The Hall–Kier alpha value is -2.95. The van der Waals surface area contributed by atoms with E-state index < -0.39 is 11.7 Å². The second-order valence-corrected chi connectivity index (χ2v) is 10.4. The lowest BCUT2D eigenvalue weighted by Gasteiger charge is -2.35. The van der Waals surface area contributed by atoms with E-state index in [1.165, 1.54) is 12.1 Å². The van der Waals surface area contributed by atoms with Crippen molar-refractivity contribution in [1.82, 2.24) is 20.4 Å². The van der Waals surface area contributed by atoms with E-state index in [9.17, 15) is 13.2 Å². The topological polar surface area (TPSA) is 72.7 Å². The lowest BCUT2D eigenvalue weighted by Crippen LogP contribution is -2.37. The molecular formula is C29H35F3N4O3. The summed E-state index contributed by atoms with van der Waals surface area (Å²) in [5.41, 5.74) is 0.936. The van der Waals surface area contributed by atoms with Crippen LogP contribution in [-0.4, -0.2) is 61.5 Å². The fraction of sp³-hybridized carbons (Fsp3) is 0.517. The van der Waals surface area contributed by atoms with Crippen molar-refractivity contribution in [2.24, 2.45) is 0 Å². The number of aromatic nitrogens is 2. The summed E-state index contributed by atoms with van der Waals surface area (Å²) in [5, 5.41) is 7.76. The first-order valence-corrected chi connectivity index (χ1v) is 13.5. The summed E-state index contributed by atoms with van der Waals surface area (Å²) < 4.78 is 55.9. The molecule has 0 aliphatic carbocycles. The number of ether oxygens (including phenoxy) is 2. The van der Waals surface area contributed by atoms with E-state index in [1.807, 2.05) is 24.3 Å². The number of nitrogens with zero attached hydrogens (tertiary/aromatic N) is 3. The maximum Gasteiger partial charge on any atom is 0.416 e. The molecule has 0 radical (unpaired) electrons. The van der Waals surface area contributed by atoms with Gasteiger partial charge in [0, 0.05) is 26.3 Å². The van der Waals surface area contributed by atoms with Crippen LogP contribution in [0.1, 0.15) is 60.0 Å². The third-order valence-electron chi connectivity index (χ3n) is 8.02. The molecule has 0 spiro atoms. The largest absolute Gasteiger partial charge is 0.497 e. The number of benzene rings is 2. The summed E-state index contributed by atoms with van der Waals surface area (Å²) in [7, 11) is 1.66. The molecule has 3 heterocycles. The summed E-state index contributed by atoms with van der Waals surface area (Å²) in [4.78, 5) is 7.10. The molecule has 3 aromatic rings. The number of halogens is 3. The number of nitrogens with one attached hydrogen (secondary N) is 1. The third-order valence-corrected chi connectivity index (χ3v) is 8.02. The molecule has 0 saturated carbocycles. The van der Waals surface area contributed by atoms with E-state index >= 15 is 0 Å². The number of piperidine rings is 1. The van der Waals surface area contributed by atoms with Crippen LogP contribution in [0.25, 0.3) is 0 Å². The molecule has 1 N–H and O–H groups in total. The van der Waals surface area contributed by atoms with Gasteiger partial charge in [0.15, 0.2) is 5.82 Å². The average Bonchev–Trinajstić information content (AvgIpc) is 3.45. The van der Waals surface area contributed by atoms with Crippen molar-refractivity contribution in [3.8, 4) is 5.75 Å². The Morgan fingerprint density at radius 1 is 1.08 bits per heavy atom. The van der Waals surface area contributed by atoms with Crippen LogP contribution in [0.2, 0.25) is 0 Å². The number of methoxy groups -OCH3 is 1. The Bertz CT molecular complexity index is 1220. The minimum absolute atomic E-state index is 0.162. The molecule has 7 nitrogen and oxygen atoms in total. The lowest BCUT2D eigenvalue weighted by atomic mass is 9.73. The molecule has 2 aliphatic heterocycles. The minimum Gasteiger partial charge on any atom is -0.497 e. The number of hydrogen-bond acceptors (Lipinski definition) is 7. The molecule has 39 heavy (non-hydrogen) atoms. The van der Waals surface area contributed by atoms with Crippen LogP contribution in [0.5, 0.6) is 5.75 Å². The summed E-state index contributed by atoms with van der Waals surface area (Å²) in [6.07, 6.45) is -1.07. The van der Waals surface area contributed by atoms with Gasteiger partial charge in [-0.15, -0.1) is 0 Å². The van der Waals surface area contributed by atoms with Gasteiger partial charge in [-0.3, -0.25) is 0 Å². The van der Waals surface area contributed by atoms with E-state index in [4.69, 9.17) is 19.0 Å². The number of rotatable bonds is 9. The summed E-state index contributed by atoms with van der Waals surface area (Å²) in [5.74, 6) is 2.17. The van der Waals surface area contributed by atoms with Gasteiger partial charge in [-0.1, -0.05) is 35.5 Å². The molecule has 10 heteroatoms. The van der Waals surface area contributed by atoms with Crippen molar-refractivity contribution >= 4 is 0 Å². The summed E-state index contributed by atoms with van der Waals surface area (Å²) >= 11 is 0. The van der Waals surface area contributed by atoms with Crippen molar-refractivity contribution in [3.63, 3.8) is 0 Å². The first-order chi connectivity index (χ1) is 18.9. The molecule has 5 rings (SSSR count). The Kier molecular flexibility index (Phi) is 8.54. The number of likely N-dealkylation sites (tertiary alicyclic amines) is 1. The van der Waals surface area contributed by atoms with Crippen LogP contribution < -0.4 is 10.1 Å². The normalized spacial score (nSPS) is 18.8. The van der Waals surface area contributed by atoms with Crippen LogP contribution in [0.3, 0.4) is 0 Å². The second kappa shape index (κ2) is 12.1. The van der Waals surface area contributed by atoms with E-state index in [0.717, 1.165) is 74.8 Å². The fourth-order valence-electron chi connectivity index (χ4n) is 5.69. The summed E-state index contributed by atoms with van der Waals surface area (Å²) in [6, 6.07) is 13.8. The summed E-state index contributed by atoms with van der Waals surface area (Å²) in [6.45, 7) is 5.05. The van der Waals surface area contributed by atoms with Crippen LogP contribution >= 0.6 is 0 Å². The Labute approximate surface area is 226 Å². The van der Waals surface area contributed by atoms with E-state index in [1.54, 1.807) is 7.11 Å². The van der Waals surface area contributed by atoms with Gasteiger partial charge >= 0.3 is 6.18 Å². The number of alkyl halides is 3. The molecule has 0 atom stereocenters. The SMILES string of the molecule is COc1cccc(C2(c3noc(CNCCN4CCC(c5cccc(C(F)(F)F)c5)CC4)n3)CCOCC2)c1. The predicted octanol–water partition coefficient (Wildman–Crippen LogP) is 5.16. The molecule has 2 aliphatic rings. The van der Waals surface area contributed by atoms with Crippen molar-refractivity contribution in [2.45, 2.75) is 49.7 Å². The van der Waals surface area contributed by atoms with Crippen molar-refractivity contribution in [2.75, 3.05) is 46.5 Å². The van der Waals surface area contributed by atoms with Crippen LogP contribution in [0, 0.1) is 0 Å². The highest BCUT2D eigenvalue weighted by atomic mass is 19.4. The highest BCUT2D eigenvalue weighted by Gasteiger charge is 2.41. The molecule has 2 aromatic carbocycles. The average molecular weight is 545 g/mol. The molecular weight excluding hydrogens is 509 g/mol. The highest BCUT2D eigenvalue weighted by molar-refractivity contribution is 5.39. The van der Waals surface area contributed by atoms with Gasteiger partial charge in [-0.2, -0.15) is 18.2 Å². The van der Waals surface area contributed by atoms with Gasteiger partial charge in [0.2, 0.25) is 5.89 Å². The Morgan fingerprint density at radius 2 is 1.85 bits per heavy atom. The van der Waals surface area contributed by atoms with Crippen molar-refractivity contribution in [1.29, 1.82) is 0 Å². The Morgan fingerprint density at radius 3 is 2.59 bits per heavy atom. The van der Waals surface area contributed by atoms with Gasteiger partial charge < -0.3 is 24.2 Å². The number of hydrogen-bond donors (Lipinski definition) is 1. The van der Waals surface area contributed by atoms with Gasteiger partial charge in [-0.05, 0) is 74.0 Å². The lowest BCUT2D eigenvalue weighted by molar-refractivity contribution is -0.137. The molecule has 1 aromatic heterocycles. The maximum atomic E-state index is 13.1. The van der Waals surface area contributed by atoms with E-state index in [0.29, 0.717) is 31.5 Å². The minimum atomic E-state index is -4.30. The van der Waals surface area contributed by atoms with Crippen molar-refractivity contribution < 1.29 is 27.2 Å². The zero-order valence-corrected chi connectivity index (χ0v) is 22.2. The first-order valence-electron chi connectivity index (χ1n) is 13.5. The van der Waals surface area contributed by atoms with Crippen molar-refractivity contribution in [3.05, 3.63) is 76.9 Å². The third kappa shape index (κ3) is 6.45. The first kappa shape index (κ1) is 27.6. The van der Waals surface area contributed by atoms with E-state index in [-0.39, 0.29) is 11.3 Å². The van der Waals surface area contributed by atoms with Gasteiger partial charge in [0.05, 0.1) is 24.6 Å². The fourth-order valence-corrected chi connectivity index (χ4v) is 5.69. The Balaban J connectivity index is 1.11. The predicted molar refractivity (Wildman–Crippen MR) is 140 cm³/mol. The molecule has 2 fully saturated rings. The molecule has 210 valence electrons. The van der Waals surface area contributed by atoms with Gasteiger partial charge in [0.25, 0.3) is 0 Å². The van der Waals surface area contributed by atoms with Crippen LogP contribution in [0.4, 0.5) is 13.2 Å². The van der Waals surface area contributed by atoms with Gasteiger partial charge in [0.1, 0.15) is 5.75 Å². The van der Waals surface area contributed by atoms with Crippen LogP contribution in [-0.2, 0) is 22.9 Å². The maximum absolute atomic E-state index is 13.1. The zero-order valence-electron chi connectivity index (χ0n) is 22.2. The molecule has 0 bridgehead atoms. The zero-order chi connectivity index (χ0) is 27.3. The van der Waals surface area contributed by atoms with Gasteiger partial charge in [-0.25, -0.2) is 0 Å². The van der Waals surface area contributed by atoms with Crippen LogP contribution in [0.15, 0.2) is 53.1 Å². The molecule has 0 amide bonds. The monoisotopic (exact) mass is 544 g/mol. The quantitative estimate of drug-likeness (QED) is 0.373. The van der Waals surface area contributed by atoms with E-state index in [2.05, 4.69) is 21.4 Å². The standard InChI is InChI=1S/C29H35F3N4O3/c1-37-25-7-3-5-23(19-25)28(10-16-38-17-11-28)27-34-26(39-35-27)20-33-12-15-36-13-8-21(9-14-36)22-4-2-6-24(18-22)29(30,31)32/h2-7,18-19,21,33H,8-17,20H2,1H3.